The Morgan fingerprint density at radius 2 is 1.87 bits per heavy atom. The third-order valence-electron chi connectivity index (χ3n) is 6.20. The van der Waals surface area contributed by atoms with Crippen molar-refractivity contribution < 1.29 is 12.8 Å². The SMILES string of the molecule is CC1=N[C@](C)(c2cc(N)ccc2F)[C@]2(C)CCC[C@@]1(C)S2(=O)=O. The summed E-state index contributed by atoms with van der Waals surface area (Å²) in [4.78, 5) is 4.75. The Kier molecular flexibility index (Phi) is 3.26. The van der Waals surface area contributed by atoms with E-state index in [0.717, 1.165) is 6.42 Å². The average Bonchev–Trinajstić information content (AvgIpc) is 2.46. The van der Waals surface area contributed by atoms with Crippen molar-refractivity contribution in [2.75, 3.05) is 5.73 Å². The van der Waals surface area contributed by atoms with Crippen LogP contribution in [0, 0.1) is 5.82 Å². The van der Waals surface area contributed by atoms with E-state index in [2.05, 4.69) is 0 Å². The second-order valence-corrected chi connectivity index (χ2v) is 10.1. The summed E-state index contributed by atoms with van der Waals surface area (Å²) in [5.41, 5.74) is 5.86. The van der Waals surface area contributed by atoms with Crippen LogP contribution < -0.4 is 5.73 Å². The van der Waals surface area contributed by atoms with E-state index in [9.17, 15) is 12.8 Å². The molecule has 1 saturated heterocycles. The monoisotopic (exact) mass is 338 g/mol. The maximum Gasteiger partial charge on any atom is 0.169 e. The first-order valence-corrected chi connectivity index (χ1v) is 9.34. The molecule has 4 nitrogen and oxygen atoms in total. The highest BCUT2D eigenvalue weighted by molar-refractivity contribution is 7.95. The topological polar surface area (TPSA) is 72.5 Å². The lowest BCUT2D eigenvalue weighted by Gasteiger charge is -2.55. The number of benzene rings is 1. The van der Waals surface area contributed by atoms with Crippen molar-refractivity contribution in [3.05, 3.63) is 29.6 Å². The fourth-order valence-corrected chi connectivity index (χ4v) is 7.18. The molecule has 0 unspecified atom stereocenters. The van der Waals surface area contributed by atoms with Gasteiger partial charge < -0.3 is 5.73 Å². The van der Waals surface area contributed by atoms with Crippen LogP contribution in [0.15, 0.2) is 23.2 Å². The van der Waals surface area contributed by atoms with Gasteiger partial charge in [-0.1, -0.05) is 0 Å². The van der Waals surface area contributed by atoms with Crippen LogP contribution in [0.25, 0.3) is 0 Å². The molecule has 1 aromatic rings. The molecule has 0 amide bonds. The number of nitrogens with zero attached hydrogens (tertiary/aromatic N) is 1. The van der Waals surface area contributed by atoms with Crippen LogP contribution in [-0.2, 0) is 15.4 Å². The highest BCUT2D eigenvalue weighted by Gasteiger charge is 2.67. The molecule has 2 N–H and O–H groups in total. The number of sulfone groups is 1. The summed E-state index contributed by atoms with van der Waals surface area (Å²) in [5, 5.41) is 0. The molecule has 2 heterocycles. The van der Waals surface area contributed by atoms with Gasteiger partial charge in [0.05, 0.1) is 4.75 Å². The van der Waals surface area contributed by atoms with Crippen molar-refractivity contribution in [1.82, 2.24) is 0 Å². The van der Waals surface area contributed by atoms with E-state index in [1.165, 1.54) is 18.2 Å². The van der Waals surface area contributed by atoms with Gasteiger partial charge in [0, 0.05) is 17.0 Å². The molecule has 1 aromatic carbocycles. The minimum absolute atomic E-state index is 0.256. The van der Waals surface area contributed by atoms with E-state index in [1.54, 1.807) is 27.7 Å². The number of fused-ring (bicyclic) bond motifs is 2. The van der Waals surface area contributed by atoms with Gasteiger partial charge >= 0.3 is 0 Å². The van der Waals surface area contributed by atoms with Crippen LogP contribution in [0.1, 0.15) is 52.5 Å². The molecule has 0 radical (unpaired) electrons. The van der Waals surface area contributed by atoms with Gasteiger partial charge in [0.1, 0.15) is 16.1 Å². The van der Waals surface area contributed by atoms with Crippen LogP contribution >= 0.6 is 0 Å². The van der Waals surface area contributed by atoms with Gasteiger partial charge in [0.15, 0.2) is 9.84 Å². The van der Waals surface area contributed by atoms with E-state index in [4.69, 9.17) is 10.7 Å². The highest BCUT2D eigenvalue weighted by atomic mass is 32.2. The molecule has 2 aliphatic heterocycles. The predicted octanol–water partition coefficient (Wildman–Crippen LogP) is 3.21. The predicted molar refractivity (Wildman–Crippen MR) is 90.9 cm³/mol. The van der Waals surface area contributed by atoms with Crippen molar-refractivity contribution in [2.24, 2.45) is 4.99 Å². The number of hydrogen-bond donors (Lipinski definition) is 1. The van der Waals surface area contributed by atoms with E-state index >= 15 is 0 Å². The van der Waals surface area contributed by atoms with Crippen LogP contribution in [0.3, 0.4) is 0 Å². The Bertz CT molecular complexity index is 820. The van der Waals surface area contributed by atoms with Crippen LogP contribution in [0.5, 0.6) is 0 Å². The zero-order chi connectivity index (χ0) is 17.3. The standard InChI is InChI=1S/C17H23FN2O2S/c1-11-15(2)8-5-9-16(3,23(15,21)22)17(4,20-11)13-10-12(19)6-7-14(13)18/h6-7,10H,5,8-9,19H2,1-4H3/t15-,16+,17-/m1/s1. The Balaban J connectivity index is 2.40. The molecule has 3 rings (SSSR count). The molecular weight excluding hydrogens is 315 g/mol. The van der Waals surface area contributed by atoms with E-state index in [0.29, 0.717) is 24.2 Å². The normalized spacial score (nSPS) is 38.9. The lowest BCUT2D eigenvalue weighted by atomic mass is 9.74. The number of nitrogen functional groups attached to an aromatic ring is 1. The molecule has 126 valence electrons. The summed E-state index contributed by atoms with van der Waals surface area (Å²) in [6.07, 6.45) is 1.81. The van der Waals surface area contributed by atoms with E-state index in [1.807, 2.05) is 0 Å². The highest BCUT2D eigenvalue weighted by Crippen LogP contribution is 2.56. The summed E-state index contributed by atoms with van der Waals surface area (Å²) in [7, 11) is -3.54. The van der Waals surface area contributed by atoms with Gasteiger partial charge in [-0.2, -0.15) is 0 Å². The van der Waals surface area contributed by atoms with Crippen LogP contribution in [-0.4, -0.2) is 23.6 Å². The third-order valence-corrected chi connectivity index (χ3v) is 9.67. The number of aliphatic imine (C=N–C) groups is 1. The molecule has 0 spiro atoms. The van der Waals surface area contributed by atoms with E-state index < -0.39 is 30.7 Å². The number of nitrogens with two attached hydrogens (primary N) is 1. The van der Waals surface area contributed by atoms with Gasteiger partial charge in [0.25, 0.3) is 0 Å². The summed E-state index contributed by atoms with van der Waals surface area (Å²) in [6.45, 7) is 6.91. The van der Waals surface area contributed by atoms with Gasteiger partial charge in [-0.25, -0.2) is 12.8 Å². The number of halogens is 1. The second-order valence-electron chi connectivity index (χ2n) is 7.33. The molecule has 2 aliphatic rings. The Labute approximate surface area is 136 Å². The largest absolute Gasteiger partial charge is 0.399 e. The maximum atomic E-state index is 14.5. The molecule has 1 fully saturated rings. The lowest BCUT2D eigenvalue weighted by Crippen LogP contribution is -2.67. The fraction of sp³-hybridized carbons (Fsp3) is 0.588. The molecule has 0 aromatic heterocycles. The minimum Gasteiger partial charge on any atom is -0.399 e. The zero-order valence-corrected chi connectivity index (χ0v) is 14.8. The van der Waals surface area contributed by atoms with Gasteiger partial charge in [-0.15, -0.1) is 0 Å². The molecular formula is C17H23FN2O2S. The minimum atomic E-state index is -3.54. The number of hydrogen-bond acceptors (Lipinski definition) is 4. The summed E-state index contributed by atoms with van der Waals surface area (Å²) in [5.74, 6) is -0.469. The Morgan fingerprint density at radius 1 is 1.22 bits per heavy atom. The van der Waals surface area contributed by atoms with Gasteiger partial charge in [0.2, 0.25) is 0 Å². The summed E-state index contributed by atoms with van der Waals surface area (Å²) < 4.78 is 39.2. The van der Waals surface area contributed by atoms with Crippen molar-refractivity contribution in [3.63, 3.8) is 0 Å². The van der Waals surface area contributed by atoms with E-state index in [-0.39, 0.29) is 5.56 Å². The molecule has 3 atom stereocenters. The first-order valence-electron chi connectivity index (χ1n) is 7.86. The molecule has 23 heavy (non-hydrogen) atoms. The van der Waals surface area contributed by atoms with Crippen molar-refractivity contribution in [2.45, 2.75) is 62.0 Å². The van der Waals surface area contributed by atoms with Crippen LogP contribution in [0.2, 0.25) is 0 Å². The van der Waals surface area contributed by atoms with Gasteiger partial charge in [-0.3, -0.25) is 4.99 Å². The average molecular weight is 338 g/mol. The molecule has 0 saturated carbocycles. The Hall–Kier alpha value is -1.43. The van der Waals surface area contributed by atoms with Crippen molar-refractivity contribution in [1.29, 1.82) is 0 Å². The van der Waals surface area contributed by atoms with Gasteiger partial charge in [-0.05, 0) is 65.2 Å². The lowest BCUT2D eigenvalue weighted by molar-refractivity contribution is 0.274. The quantitative estimate of drug-likeness (QED) is 0.799. The molecule has 0 aliphatic carbocycles. The second kappa shape index (κ2) is 4.56. The summed E-state index contributed by atoms with van der Waals surface area (Å²) in [6, 6.07) is 4.28. The third kappa shape index (κ3) is 1.76. The summed E-state index contributed by atoms with van der Waals surface area (Å²) >= 11 is 0. The first kappa shape index (κ1) is 16.4. The van der Waals surface area contributed by atoms with Crippen molar-refractivity contribution >= 4 is 21.2 Å². The van der Waals surface area contributed by atoms with Crippen molar-refractivity contribution in [3.8, 4) is 0 Å². The smallest absolute Gasteiger partial charge is 0.169 e. The fourth-order valence-electron chi connectivity index (χ4n) is 4.24. The maximum absolute atomic E-state index is 14.5. The zero-order valence-electron chi connectivity index (χ0n) is 14.0. The first-order chi connectivity index (χ1) is 10.5. The Morgan fingerprint density at radius 3 is 2.52 bits per heavy atom. The van der Waals surface area contributed by atoms with Crippen LogP contribution in [0.4, 0.5) is 10.1 Å². The number of rotatable bonds is 1. The molecule has 2 bridgehead atoms. The molecule has 6 heteroatoms. The number of anilines is 1.